The van der Waals surface area contributed by atoms with Gasteiger partial charge in [0.2, 0.25) is 0 Å². The van der Waals surface area contributed by atoms with Crippen LogP contribution in [0.5, 0.6) is 0 Å². The number of alkyl halides is 5. The SMILES string of the molecule is CCS(=O)(=O)c1cc(C#N)cnc1-n1ncc2ccc(C(F)(F)C(F)(F)F)cc2c1=O. The molecule has 0 bridgehead atoms. The first kappa shape index (κ1) is 22.3. The fourth-order valence-electron chi connectivity index (χ4n) is 2.69. The Kier molecular flexibility index (Phi) is 5.31. The molecule has 0 aliphatic heterocycles. The van der Waals surface area contributed by atoms with Crippen molar-refractivity contribution in [2.24, 2.45) is 0 Å². The van der Waals surface area contributed by atoms with E-state index in [2.05, 4.69) is 10.1 Å². The van der Waals surface area contributed by atoms with Gasteiger partial charge in [-0.05, 0) is 12.1 Å². The van der Waals surface area contributed by atoms with E-state index < -0.39 is 54.9 Å². The molecule has 0 aliphatic carbocycles. The van der Waals surface area contributed by atoms with Crippen LogP contribution in [0.25, 0.3) is 16.6 Å². The molecule has 2 heterocycles. The van der Waals surface area contributed by atoms with Crippen molar-refractivity contribution in [2.45, 2.75) is 23.9 Å². The number of halogens is 5. The third kappa shape index (κ3) is 3.74. The maximum Gasteiger partial charge on any atom is 0.458 e. The van der Waals surface area contributed by atoms with Crippen molar-refractivity contribution < 1.29 is 30.4 Å². The molecular formula is C18H11F5N4O3S. The number of hydrogen-bond donors (Lipinski definition) is 0. The van der Waals surface area contributed by atoms with Crippen molar-refractivity contribution in [3.05, 3.63) is 58.1 Å². The molecule has 0 fully saturated rings. The Morgan fingerprint density at radius 2 is 1.81 bits per heavy atom. The summed E-state index contributed by atoms with van der Waals surface area (Å²) in [6.07, 6.45) is -3.92. The molecule has 0 atom stereocenters. The second-order valence-corrected chi connectivity index (χ2v) is 8.54. The van der Waals surface area contributed by atoms with Crippen molar-refractivity contribution in [3.8, 4) is 11.9 Å². The van der Waals surface area contributed by atoms with E-state index in [0.717, 1.165) is 24.5 Å². The number of hydrogen-bond acceptors (Lipinski definition) is 6. The number of fused-ring (bicyclic) bond motifs is 1. The van der Waals surface area contributed by atoms with Gasteiger partial charge in [-0.3, -0.25) is 4.79 Å². The van der Waals surface area contributed by atoms with E-state index in [1.807, 2.05) is 0 Å². The van der Waals surface area contributed by atoms with E-state index in [4.69, 9.17) is 5.26 Å². The molecule has 31 heavy (non-hydrogen) atoms. The van der Waals surface area contributed by atoms with Gasteiger partial charge in [-0.25, -0.2) is 13.4 Å². The number of nitriles is 1. The Morgan fingerprint density at radius 1 is 1.13 bits per heavy atom. The van der Waals surface area contributed by atoms with Gasteiger partial charge in [0.05, 0.1) is 22.9 Å². The summed E-state index contributed by atoms with van der Waals surface area (Å²) in [5.41, 5.74) is -2.75. The summed E-state index contributed by atoms with van der Waals surface area (Å²) in [5.74, 6) is -6.15. The monoisotopic (exact) mass is 458 g/mol. The molecule has 0 saturated carbocycles. The fraction of sp³-hybridized carbons (Fsp3) is 0.222. The molecule has 0 radical (unpaired) electrons. The van der Waals surface area contributed by atoms with Crippen molar-refractivity contribution in [2.75, 3.05) is 5.75 Å². The summed E-state index contributed by atoms with van der Waals surface area (Å²) in [6.45, 7) is 1.31. The third-order valence-electron chi connectivity index (χ3n) is 4.38. The number of pyridine rings is 1. The molecule has 0 unspecified atom stereocenters. The minimum atomic E-state index is -5.89. The van der Waals surface area contributed by atoms with Crippen molar-refractivity contribution in [1.82, 2.24) is 14.8 Å². The molecule has 13 heteroatoms. The van der Waals surface area contributed by atoms with Gasteiger partial charge in [-0.2, -0.15) is 37.0 Å². The van der Waals surface area contributed by atoms with Crippen LogP contribution in [0, 0.1) is 11.3 Å². The first-order valence-electron chi connectivity index (χ1n) is 8.44. The quantitative estimate of drug-likeness (QED) is 0.557. The standard InChI is InChI=1S/C18H11F5N4O3S/c1-2-31(29,30)14-5-10(7-24)8-25-15(14)27-16(28)13-6-12(4-3-11(13)9-26-27)17(19,20)18(21,22)23/h3-6,8-9H,2H2,1H3. The largest absolute Gasteiger partial charge is 0.458 e. The zero-order chi connectivity index (χ0) is 23.2. The Bertz CT molecular complexity index is 1390. The first-order chi connectivity index (χ1) is 14.3. The molecule has 2 aromatic heterocycles. The van der Waals surface area contributed by atoms with E-state index in [0.29, 0.717) is 16.8 Å². The van der Waals surface area contributed by atoms with Crippen molar-refractivity contribution in [3.63, 3.8) is 0 Å². The molecule has 7 nitrogen and oxygen atoms in total. The van der Waals surface area contributed by atoms with Crippen LogP contribution in [0.2, 0.25) is 0 Å². The highest BCUT2D eigenvalue weighted by molar-refractivity contribution is 7.91. The van der Waals surface area contributed by atoms with Gasteiger partial charge < -0.3 is 0 Å². The average molecular weight is 458 g/mol. The normalized spacial score (nSPS) is 12.7. The van der Waals surface area contributed by atoms with Crippen molar-refractivity contribution >= 4 is 20.6 Å². The zero-order valence-corrected chi connectivity index (χ0v) is 16.3. The number of nitrogens with zero attached hydrogens (tertiary/aromatic N) is 4. The number of benzene rings is 1. The predicted molar refractivity (Wildman–Crippen MR) is 97.5 cm³/mol. The van der Waals surface area contributed by atoms with E-state index in [1.165, 1.54) is 6.92 Å². The molecular weight excluding hydrogens is 447 g/mol. The van der Waals surface area contributed by atoms with Crippen LogP contribution in [0.1, 0.15) is 18.1 Å². The van der Waals surface area contributed by atoms with Crippen LogP contribution in [0.15, 0.2) is 46.3 Å². The summed E-state index contributed by atoms with van der Waals surface area (Å²) in [6, 6.07) is 4.44. The second-order valence-electron chi connectivity index (χ2n) is 6.30. The lowest BCUT2D eigenvalue weighted by molar-refractivity contribution is -0.289. The molecule has 0 N–H and O–H groups in total. The van der Waals surface area contributed by atoms with Crippen LogP contribution in [-0.4, -0.2) is 35.1 Å². The maximum atomic E-state index is 13.7. The fourth-order valence-corrected chi connectivity index (χ4v) is 3.73. The van der Waals surface area contributed by atoms with Crippen LogP contribution < -0.4 is 5.56 Å². The first-order valence-corrected chi connectivity index (χ1v) is 10.1. The summed E-state index contributed by atoms with van der Waals surface area (Å²) in [5, 5.41) is 12.2. The minimum absolute atomic E-state index is 0.0449. The minimum Gasteiger partial charge on any atom is -0.267 e. The summed E-state index contributed by atoms with van der Waals surface area (Å²) in [7, 11) is -4.01. The van der Waals surface area contributed by atoms with Gasteiger partial charge in [0.15, 0.2) is 15.7 Å². The number of sulfone groups is 1. The molecule has 0 aliphatic rings. The van der Waals surface area contributed by atoms with Gasteiger partial charge in [0.25, 0.3) is 5.56 Å². The van der Waals surface area contributed by atoms with Crippen LogP contribution in [0.4, 0.5) is 22.0 Å². The Labute approximate surface area is 171 Å². The van der Waals surface area contributed by atoms with Gasteiger partial charge in [0, 0.05) is 17.1 Å². The highest BCUT2D eigenvalue weighted by Crippen LogP contribution is 2.44. The lowest BCUT2D eigenvalue weighted by atomic mass is 10.0. The molecule has 3 aromatic rings. The van der Waals surface area contributed by atoms with Gasteiger partial charge in [-0.1, -0.05) is 19.1 Å². The molecule has 0 spiro atoms. The predicted octanol–water partition coefficient (Wildman–Crippen LogP) is 3.10. The summed E-state index contributed by atoms with van der Waals surface area (Å²) < 4.78 is 90.9. The molecule has 162 valence electrons. The molecule has 3 rings (SSSR count). The van der Waals surface area contributed by atoms with Crippen LogP contribution >= 0.6 is 0 Å². The van der Waals surface area contributed by atoms with Crippen molar-refractivity contribution in [1.29, 1.82) is 5.26 Å². The topological polar surface area (TPSA) is 106 Å². The van der Waals surface area contributed by atoms with Crippen LogP contribution in [-0.2, 0) is 15.8 Å². The number of aromatic nitrogens is 3. The van der Waals surface area contributed by atoms with E-state index in [1.54, 1.807) is 6.07 Å². The second kappa shape index (κ2) is 7.38. The van der Waals surface area contributed by atoms with Gasteiger partial charge in [0.1, 0.15) is 11.0 Å². The summed E-state index contributed by atoms with van der Waals surface area (Å²) >= 11 is 0. The molecule has 0 amide bonds. The van der Waals surface area contributed by atoms with Crippen LogP contribution in [0.3, 0.4) is 0 Å². The Morgan fingerprint density at radius 3 is 2.39 bits per heavy atom. The highest BCUT2D eigenvalue weighted by atomic mass is 32.2. The van der Waals surface area contributed by atoms with Gasteiger partial charge in [-0.15, -0.1) is 0 Å². The van der Waals surface area contributed by atoms with E-state index in [-0.39, 0.29) is 10.9 Å². The lowest BCUT2D eigenvalue weighted by Crippen LogP contribution is -2.34. The number of rotatable bonds is 4. The smallest absolute Gasteiger partial charge is 0.267 e. The molecule has 0 saturated heterocycles. The zero-order valence-electron chi connectivity index (χ0n) is 15.5. The van der Waals surface area contributed by atoms with Gasteiger partial charge >= 0.3 is 12.1 Å². The lowest BCUT2D eigenvalue weighted by Gasteiger charge is -2.20. The maximum absolute atomic E-state index is 13.7. The summed E-state index contributed by atoms with van der Waals surface area (Å²) in [4.78, 5) is 16.1. The van der Waals surface area contributed by atoms with E-state index in [9.17, 15) is 35.2 Å². The molecule has 1 aromatic carbocycles. The van der Waals surface area contributed by atoms with E-state index >= 15 is 0 Å². The highest BCUT2D eigenvalue weighted by Gasteiger charge is 2.58. The average Bonchev–Trinajstić information content (AvgIpc) is 2.72. The Balaban J connectivity index is 2.33. The Hall–Kier alpha value is -3.40. The third-order valence-corrected chi connectivity index (χ3v) is 6.12.